The van der Waals surface area contributed by atoms with Crippen molar-refractivity contribution in [3.8, 4) is 5.75 Å². The van der Waals surface area contributed by atoms with Gasteiger partial charge in [0.25, 0.3) is 0 Å². The van der Waals surface area contributed by atoms with Gasteiger partial charge in [-0.05, 0) is 52.5 Å². The molecule has 0 bridgehead atoms. The van der Waals surface area contributed by atoms with Gasteiger partial charge < -0.3 is 10.1 Å². The number of hydrogen-bond donors (Lipinski definition) is 2. The van der Waals surface area contributed by atoms with Crippen molar-refractivity contribution >= 4 is 50.4 Å². The number of benzene rings is 3. The van der Waals surface area contributed by atoms with Gasteiger partial charge in [0, 0.05) is 15.4 Å². The Kier molecular flexibility index (Phi) is 6.97. The predicted octanol–water partition coefficient (Wildman–Crippen LogP) is 4.48. The molecule has 0 radical (unpaired) electrons. The zero-order chi connectivity index (χ0) is 20.6. The van der Waals surface area contributed by atoms with Crippen LogP contribution in [0, 0.1) is 0 Å². The lowest BCUT2D eigenvalue weighted by Crippen LogP contribution is -2.24. The molecule has 0 aliphatic heterocycles. The number of carbonyl (C=O) groups excluding carboxylic acids is 2. The number of halogens is 1. The first kappa shape index (κ1) is 20.5. The van der Waals surface area contributed by atoms with Crippen molar-refractivity contribution in [3.05, 3.63) is 70.7 Å². The summed E-state index contributed by atoms with van der Waals surface area (Å²) >= 11 is 3.35. The van der Waals surface area contributed by atoms with Crippen molar-refractivity contribution in [1.82, 2.24) is 5.43 Å². The van der Waals surface area contributed by atoms with Crippen molar-refractivity contribution in [2.24, 2.45) is 5.10 Å². The summed E-state index contributed by atoms with van der Waals surface area (Å²) in [6, 6.07) is 18.8. The minimum atomic E-state index is -0.499. The third-order valence-electron chi connectivity index (χ3n) is 4.08. The summed E-state index contributed by atoms with van der Waals surface area (Å²) in [5.74, 6) is -0.120. The fourth-order valence-electron chi connectivity index (χ4n) is 2.80. The highest BCUT2D eigenvalue weighted by Gasteiger charge is 2.10. The number of rotatable bonds is 7. The highest BCUT2D eigenvalue weighted by molar-refractivity contribution is 9.10. The standard InChI is InChI=1S/C22H20BrN3O3/c1-2-29-20-12-11-15(16-7-3-4-8-17(16)20)14-24-26-22(28)13-21(27)25-19-10-6-5-9-18(19)23/h3-12,14H,2,13H2,1H3,(H,25,27)(H,26,28). The van der Waals surface area contributed by atoms with Crippen molar-refractivity contribution in [3.63, 3.8) is 0 Å². The molecular weight excluding hydrogens is 434 g/mol. The predicted molar refractivity (Wildman–Crippen MR) is 118 cm³/mol. The average Bonchev–Trinajstić information content (AvgIpc) is 2.71. The number of fused-ring (bicyclic) bond motifs is 1. The molecule has 3 aromatic rings. The zero-order valence-corrected chi connectivity index (χ0v) is 17.4. The van der Waals surface area contributed by atoms with Crippen LogP contribution in [0.3, 0.4) is 0 Å². The number of ether oxygens (including phenoxy) is 1. The first-order chi connectivity index (χ1) is 14.1. The summed E-state index contributed by atoms with van der Waals surface area (Å²) in [5.41, 5.74) is 3.83. The van der Waals surface area contributed by atoms with E-state index in [0.717, 1.165) is 26.6 Å². The van der Waals surface area contributed by atoms with Crippen LogP contribution >= 0.6 is 15.9 Å². The number of amides is 2. The Morgan fingerprint density at radius 2 is 1.72 bits per heavy atom. The minimum absolute atomic E-state index is 0.331. The number of anilines is 1. The lowest BCUT2D eigenvalue weighted by molar-refractivity contribution is -0.126. The third-order valence-corrected chi connectivity index (χ3v) is 4.77. The average molecular weight is 454 g/mol. The second-order valence-corrected chi connectivity index (χ2v) is 6.98. The molecule has 0 unspecified atom stereocenters. The van der Waals surface area contributed by atoms with Crippen LogP contribution in [0.15, 0.2) is 70.2 Å². The lowest BCUT2D eigenvalue weighted by Gasteiger charge is -2.09. The van der Waals surface area contributed by atoms with E-state index < -0.39 is 11.8 Å². The molecule has 7 heteroatoms. The third kappa shape index (κ3) is 5.42. The van der Waals surface area contributed by atoms with Crippen molar-refractivity contribution in [1.29, 1.82) is 0 Å². The van der Waals surface area contributed by atoms with Gasteiger partial charge in [0.2, 0.25) is 11.8 Å². The van der Waals surface area contributed by atoms with E-state index in [-0.39, 0.29) is 6.42 Å². The Hall–Kier alpha value is -3.19. The molecule has 0 saturated heterocycles. The molecule has 29 heavy (non-hydrogen) atoms. The van der Waals surface area contributed by atoms with Crippen LogP contribution in [-0.4, -0.2) is 24.6 Å². The fraction of sp³-hybridized carbons (Fsp3) is 0.136. The van der Waals surface area contributed by atoms with Crippen molar-refractivity contribution in [2.45, 2.75) is 13.3 Å². The van der Waals surface area contributed by atoms with Crippen LogP contribution in [0.1, 0.15) is 18.9 Å². The van der Waals surface area contributed by atoms with Gasteiger partial charge in [0.05, 0.1) is 18.5 Å². The lowest BCUT2D eigenvalue weighted by atomic mass is 10.0. The summed E-state index contributed by atoms with van der Waals surface area (Å²) in [5, 5.41) is 8.60. The number of hydrazone groups is 1. The number of nitrogens with one attached hydrogen (secondary N) is 2. The number of nitrogens with zero attached hydrogens (tertiary/aromatic N) is 1. The fourth-order valence-corrected chi connectivity index (χ4v) is 3.19. The highest BCUT2D eigenvalue weighted by atomic mass is 79.9. The number of hydrogen-bond acceptors (Lipinski definition) is 4. The first-order valence-electron chi connectivity index (χ1n) is 9.09. The molecule has 6 nitrogen and oxygen atoms in total. The summed E-state index contributed by atoms with van der Waals surface area (Å²) in [7, 11) is 0. The molecule has 0 aromatic heterocycles. The molecule has 2 amide bonds. The molecule has 0 aliphatic carbocycles. The van der Waals surface area contributed by atoms with Crippen LogP contribution in [0.25, 0.3) is 10.8 Å². The van der Waals surface area contributed by atoms with Gasteiger partial charge in [-0.1, -0.05) is 36.4 Å². The van der Waals surface area contributed by atoms with Gasteiger partial charge in [-0.25, -0.2) is 5.43 Å². The van der Waals surface area contributed by atoms with Crippen LogP contribution in [0.5, 0.6) is 5.75 Å². The molecule has 148 valence electrons. The summed E-state index contributed by atoms with van der Waals surface area (Å²) in [4.78, 5) is 24.0. The highest BCUT2D eigenvalue weighted by Crippen LogP contribution is 2.27. The Morgan fingerprint density at radius 1 is 1.00 bits per heavy atom. The molecule has 3 aromatic carbocycles. The zero-order valence-electron chi connectivity index (χ0n) is 15.8. The van der Waals surface area contributed by atoms with E-state index in [9.17, 15) is 9.59 Å². The van der Waals surface area contributed by atoms with E-state index in [1.54, 1.807) is 24.4 Å². The Balaban J connectivity index is 1.62. The first-order valence-corrected chi connectivity index (χ1v) is 9.88. The topological polar surface area (TPSA) is 79.8 Å². The molecule has 2 N–H and O–H groups in total. The molecule has 0 heterocycles. The van der Waals surface area contributed by atoms with E-state index in [0.29, 0.717) is 12.3 Å². The van der Waals surface area contributed by atoms with E-state index in [1.165, 1.54) is 0 Å². The molecular formula is C22H20BrN3O3. The molecule has 0 atom stereocenters. The second kappa shape index (κ2) is 9.84. The van der Waals surface area contributed by atoms with E-state index in [2.05, 4.69) is 31.8 Å². The van der Waals surface area contributed by atoms with Crippen LogP contribution in [0.2, 0.25) is 0 Å². The van der Waals surface area contributed by atoms with Gasteiger partial charge in [-0.15, -0.1) is 0 Å². The summed E-state index contributed by atoms with van der Waals surface area (Å²) in [6.07, 6.45) is 1.23. The summed E-state index contributed by atoms with van der Waals surface area (Å²) < 4.78 is 6.40. The van der Waals surface area contributed by atoms with E-state index in [1.807, 2.05) is 49.4 Å². The van der Waals surface area contributed by atoms with Crippen LogP contribution in [-0.2, 0) is 9.59 Å². The van der Waals surface area contributed by atoms with Gasteiger partial charge >= 0.3 is 0 Å². The number of carbonyl (C=O) groups is 2. The maximum Gasteiger partial charge on any atom is 0.249 e. The molecule has 0 fully saturated rings. The Morgan fingerprint density at radius 3 is 2.48 bits per heavy atom. The van der Waals surface area contributed by atoms with Crippen molar-refractivity contribution < 1.29 is 14.3 Å². The number of para-hydroxylation sites is 1. The SMILES string of the molecule is CCOc1ccc(C=NNC(=O)CC(=O)Nc2ccccc2Br)c2ccccc12. The minimum Gasteiger partial charge on any atom is -0.493 e. The largest absolute Gasteiger partial charge is 0.493 e. The Bertz CT molecular complexity index is 1070. The normalized spacial score (nSPS) is 10.8. The monoisotopic (exact) mass is 453 g/mol. The molecule has 3 rings (SSSR count). The quantitative estimate of drug-likeness (QED) is 0.314. The van der Waals surface area contributed by atoms with Gasteiger partial charge in [-0.2, -0.15) is 5.10 Å². The molecule has 0 aliphatic rings. The second-order valence-electron chi connectivity index (χ2n) is 6.13. The van der Waals surface area contributed by atoms with Crippen LogP contribution < -0.4 is 15.5 Å². The maximum atomic E-state index is 12.0. The molecule has 0 saturated carbocycles. The van der Waals surface area contributed by atoms with E-state index >= 15 is 0 Å². The van der Waals surface area contributed by atoms with Crippen LogP contribution in [0.4, 0.5) is 5.69 Å². The molecule has 0 spiro atoms. The van der Waals surface area contributed by atoms with Gasteiger partial charge in [0.15, 0.2) is 0 Å². The smallest absolute Gasteiger partial charge is 0.249 e. The Labute approximate surface area is 177 Å². The maximum absolute atomic E-state index is 12.0. The van der Waals surface area contributed by atoms with Gasteiger partial charge in [-0.3, -0.25) is 9.59 Å². The van der Waals surface area contributed by atoms with Gasteiger partial charge in [0.1, 0.15) is 12.2 Å². The van der Waals surface area contributed by atoms with Crippen molar-refractivity contribution in [2.75, 3.05) is 11.9 Å². The van der Waals surface area contributed by atoms with E-state index in [4.69, 9.17) is 4.74 Å². The summed E-state index contributed by atoms with van der Waals surface area (Å²) in [6.45, 7) is 2.52.